The number of amides is 1. The molecule has 1 fully saturated rings. The minimum absolute atomic E-state index is 0.233. The highest BCUT2D eigenvalue weighted by atomic mass is 35.5. The van der Waals surface area contributed by atoms with Crippen LogP contribution in [0, 0.1) is 0 Å². The molecule has 0 radical (unpaired) electrons. The van der Waals surface area contributed by atoms with Gasteiger partial charge in [-0.2, -0.15) is 4.31 Å². The largest absolute Gasteiger partial charge is 0.492 e. The number of nitrogens with zero attached hydrogens (tertiary/aromatic N) is 1. The van der Waals surface area contributed by atoms with Crippen molar-refractivity contribution in [3.63, 3.8) is 0 Å². The molecule has 1 aliphatic heterocycles. The average Bonchev–Trinajstić information content (AvgIpc) is 2.70. The van der Waals surface area contributed by atoms with Gasteiger partial charge in [0.2, 0.25) is 10.0 Å². The first-order chi connectivity index (χ1) is 13.4. The third-order valence-electron chi connectivity index (χ3n) is 4.56. The third kappa shape index (κ3) is 4.66. The van der Waals surface area contributed by atoms with Gasteiger partial charge in [0.05, 0.1) is 16.5 Å². The van der Waals surface area contributed by atoms with Gasteiger partial charge in [-0.3, -0.25) is 4.79 Å². The maximum Gasteiger partial charge on any atom is 0.255 e. The van der Waals surface area contributed by atoms with Crippen molar-refractivity contribution in [3.05, 3.63) is 53.1 Å². The van der Waals surface area contributed by atoms with Crippen LogP contribution in [0.1, 0.15) is 36.5 Å². The summed E-state index contributed by atoms with van der Waals surface area (Å²) in [5.74, 6) is 0.185. The molecule has 1 heterocycles. The molecule has 150 valence electrons. The lowest BCUT2D eigenvalue weighted by atomic mass is 10.2. The van der Waals surface area contributed by atoms with Gasteiger partial charge in [-0.05, 0) is 62.2 Å². The Bertz CT molecular complexity index is 939. The van der Waals surface area contributed by atoms with Gasteiger partial charge in [0.15, 0.2) is 0 Å². The van der Waals surface area contributed by atoms with E-state index in [-0.39, 0.29) is 10.8 Å². The highest BCUT2D eigenvalue weighted by Gasteiger charge is 2.25. The fourth-order valence-electron chi connectivity index (χ4n) is 3.08. The molecule has 1 aliphatic rings. The molecule has 0 bridgehead atoms. The molecule has 0 unspecified atom stereocenters. The summed E-state index contributed by atoms with van der Waals surface area (Å²) in [6, 6.07) is 11.0. The molecular weight excluding hydrogens is 400 g/mol. The zero-order chi connectivity index (χ0) is 20.1. The van der Waals surface area contributed by atoms with E-state index >= 15 is 0 Å². The van der Waals surface area contributed by atoms with Crippen molar-refractivity contribution in [1.29, 1.82) is 0 Å². The van der Waals surface area contributed by atoms with Gasteiger partial charge in [-0.15, -0.1) is 0 Å². The highest BCUT2D eigenvalue weighted by molar-refractivity contribution is 7.89. The van der Waals surface area contributed by atoms with Crippen molar-refractivity contribution in [2.45, 2.75) is 31.1 Å². The number of anilines is 1. The lowest BCUT2D eigenvalue weighted by molar-refractivity contribution is 0.102. The number of nitrogens with one attached hydrogen (secondary N) is 1. The molecule has 0 aromatic heterocycles. The van der Waals surface area contributed by atoms with Gasteiger partial charge >= 0.3 is 0 Å². The molecular formula is C20H23ClN2O4S. The summed E-state index contributed by atoms with van der Waals surface area (Å²) in [4.78, 5) is 12.7. The Hall–Kier alpha value is -2.09. The number of carbonyl (C=O) groups excluding carboxylic acids is 1. The summed E-state index contributed by atoms with van der Waals surface area (Å²) in [5, 5.41) is 3.11. The molecule has 0 atom stereocenters. The molecule has 1 amide bonds. The summed E-state index contributed by atoms with van der Waals surface area (Å²) in [6.07, 6.45) is 2.84. The second kappa shape index (κ2) is 8.94. The quantitative estimate of drug-likeness (QED) is 0.758. The van der Waals surface area contributed by atoms with Crippen LogP contribution in [0.15, 0.2) is 47.4 Å². The molecule has 3 rings (SSSR count). The highest BCUT2D eigenvalue weighted by Crippen LogP contribution is 2.26. The van der Waals surface area contributed by atoms with Crippen molar-refractivity contribution in [3.8, 4) is 5.75 Å². The molecule has 2 aromatic rings. The predicted molar refractivity (Wildman–Crippen MR) is 110 cm³/mol. The normalized spacial score (nSPS) is 15.2. The minimum atomic E-state index is -3.49. The van der Waals surface area contributed by atoms with Gasteiger partial charge in [0.1, 0.15) is 5.75 Å². The van der Waals surface area contributed by atoms with Gasteiger partial charge in [0, 0.05) is 24.3 Å². The predicted octanol–water partition coefficient (Wildman–Crippen LogP) is 4.17. The van der Waals surface area contributed by atoms with E-state index in [4.69, 9.17) is 16.3 Å². The van der Waals surface area contributed by atoms with Crippen molar-refractivity contribution < 1.29 is 17.9 Å². The van der Waals surface area contributed by atoms with Crippen LogP contribution in [0.2, 0.25) is 5.02 Å². The number of sulfonamides is 1. The van der Waals surface area contributed by atoms with Crippen LogP contribution in [0.25, 0.3) is 0 Å². The van der Waals surface area contributed by atoms with Gasteiger partial charge < -0.3 is 10.1 Å². The Morgan fingerprint density at radius 3 is 2.39 bits per heavy atom. The first-order valence-electron chi connectivity index (χ1n) is 9.25. The van der Waals surface area contributed by atoms with E-state index in [1.54, 1.807) is 24.3 Å². The van der Waals surface area contributed by atoms with Gasteiger partial charge in [0.25, 0.3) is 5.91 Å². The van der Waals surface area contributed by atoms with Crippen LogP contribution in [0.4, 0.5) is 5.69 Å². The Kier molecular flexibility index (Phi) is 6.59. The molecule has 6 nitrogen and oxygen atoms in total. The second-order valence-electron chi connectivity index (χ2n) is 6.52. The van der Waals surface area contributed by atoms with E-state index in [0.29, 0.717) is 41.7 Å². The number of hydrogen-bond donors (Lipinski definition) is 1. The zero-order valence-corrected chi connectivity index (χ0v) is 17.2. The maximum absolute atomic E-state index is 12.7. The number of hydrogen-bond acceptors (Lipinski definition) is 4. The third-order valence-corrected chi connectivity index (χ3v) is 6.77. The summed E-state index contributed by atoms with van der Waals surface area (Å²) in [7, 11) is -3.49. The minimum Gasteiger partial charge on any atom is -0.492 e. The number of ether oxygens (including phenoxy) is 1. The van der Waals surface area contributed by atoms with Gasteiger partial charge in [-0.1, -0.05) is 18.0 Å². The van der Waals surface area contributed by atoms with E-state index in [0.717, 1.165) is 19.3 Å². The summed E-state index contributed by atoms with van der Waals surface area (Å²) < 4.78 is 32.2. The molecule has 1 saturated heterocycles. The molecule has 2 aromatic carbocycles. The maximum atomic E-state index is 12.7. The summed E-state index contributed by atoms with van der Waals surface area (Å²) >= 11 is 6.12. The molecule has 28 heavy (non-hydrogen) atoms. The van der Waals surface area contributed by atoms with Crippen molar-refractivity contribution in [2.75, 3.05) is 25.0 Å². The Labute approximate surface area is 170 Å². The Morgan fingerprint density at radius 2 is 1.79 bits per heavy atom. The lowest BCUT2D eigenvalue weighted by Crippen LogP contribution is -2.35. The fourth-order valence-corrected chi connectivity index (χ4v) is 4.83. The summed E-state index contributed by atoms with van der Waals surface area (Å²) in [6.45, 7) is 3.45. The SMILES string of the molecule is CCOc1ccc(C(=O)Nc2ccc(S(=O)(=O)N3CCCCC3)cc2)cc1Cl. The standard InChI is InChI=1S/C20H23ClN2O4S/c1-2-27-19-11-6-15(14-18(19)21)20(24)22-16-7-9-17(10-8-16)28(25,26)23-12-4-3-5-13-23/h6-11,14H,2-5,12-13H2,1H3,(H,22,24). The van der Waals surface area contributed by atoms with E-state index < -0.39 is 10.0 Å². The molecule has 0 saturated carbocycles. The van der Waals surface area contributed by atoms with Crippen LogP contribution < -0.4 is 10.1 Å². The topological polar surface area (TPSA) is 75.7 Å². The van der Waals surface area contributed by atoms with E-state index in [1.807, 2.05) is 6.92 Å². The van der Waals surface area contributed by atoms with Crippen LogP contribution in [-0.2, 0) is 10.0 Å². The zero-order valence-electron chi connectivity index (χ0n) is 15.7. The van der Waals surface area contributed by atoms with E-state index in [1.165, 1.54) is 22.5 Å². The molecule has 8 heteroatoms. The first-order valence-corrected chi connectivity index (χ1v) is 11.1. The number of rotatable bonds is 6. The Morgan fingerprint density at radius 1 is 1.11 bits per heavy atom. The van der Waals surface area contributed by atoms with Crippen LogP contribution in [-0.4, -0.2) is 38.3 Å². The number of carbonyl (C=O) groups is 1. The number of piperidine rings is 1. The first kappa shape index (κ1) is 20.6. The van der Waals surface area contributed by atoms with Crippen molar-refractivity contribution in [2.24, 2.45) is 0 Å². The van der Waals surface area contributed by atoms with Gasteiger partial charge in [-0.25, -0.2) is 8.42 Å². The molecule has 0 aliphatic carbocycles. The summed E-state index contributed by atoms with van der Waals surface area (Å²) in [5.41, 5.74) is 0.895. The number of halogens is 1. The molecule has 0 spiro atoms. The second-order valence-corrected chi connectivity index (χ2v) is 8.87. The lowest BCUT2D eigenvalue weighted by Gasteiger charge is -2.25. The fraction of sp³-hybridized carbons (Fsp3) is 0.350. The van der Waals surface area contributed by atoms with Crippen LogP contribution in [0.3, 0.4) is 0 Å². The van der Waals surface area contributed by atoms with Crippen molar-refractivity contribution >= 4 is 33.2 Å². The van der Waals surface area contributed by atoms with E-state index in [9.17, 15) is 13.2 Å². The Balaban J connectivity index is 1.70. The monoisotopic (exact) mass is 422 g/mol. The molecule has 1 N–H and O–H groups in total. The van der Waals surface area contributed by atoms with Crippen LogP contribution >= 0.6 is 11.6 Å². The van der Waals surface area contributed by atoms with E-state index in [2.05, 4.69) is 5.32 Å². The smallest absolute Gasteiger partial charge is 0.255 e. The van der Waals surface area contributed by atoms with Crippen LogP contribution in [0.5, 0.6) is 5.75 Å². The number of benzene rings is 2. The average molecular weight is 423 g/mol. The van der Waals surface area contributed by atoms with Crippen molar-refractivity contribution in [1.82, 2.24) is 4.31 Å².